The lowest BCUT2D eigenvalue weighted by atomic mass is 10.1. The molecule has 1 N–H and O–H groups in total. The van der Waals surface area contributed by atoms with E-state index in [0.717, 1.165) is 38.9 Å². The monoisotopic (exact) mass is 318 g/mol. The predicted molar refractivity (Wildman–Crippen MR) is 89.5 cm³/mol. The molecule has 0 saturated carbocycles. The molecule has 2 rings (SSSR count). The number of nitrogens with one attached hydrogen (secondary N) is 1. The maximum atomic E-state index is 12.4. The van der Waals surface area contributed by atoms with Crippen molar-refractivity contribution in [1.29, 1.82) is 0 Å². The predicted octanol–water partition coefficient (Wildman–Crippen LogP) is 1.39. The summed E-state index contributed by atoms with van der Waals surface area (Å²) in [6.45, 7) is 3.10. The number of likely N-dealkylation sites (tertiary alicyclic amines) is 1. The zero-order chi connectivity index (χ0) is 16.7. The van der Waals surface area contributed by atoms with Gasteiger partial charge in [0.05, 0.1) is 0 Å². The van der Waals surface area contributed by atoms with Crippen LogP contribution in [-0.4, -0.2) is 66.9 Å². The van der Waals surface area contributed by atoms with Gasteiger partial charge in [-0.05, 0) is 58.5 Å². The molecular weight excluding hydrogens is 292 g/mol. The zero-order valence-electron chi connectivity index (χ0n) is 14.0. The average molecular weight is 318 g/mol. The summed E-state index contributed by atoms with van der Waals surface area (Å²) in [7, 11) is 4.01. The summed E-state index contributed by atoms with van der Waals surface area (Å²) in [4.78, 5) is 32.6. The van der Waals surface area contributed by atoms with Gasteiger partial charge >= 0.3 is 0 Å². The van der Waals surface area contributed by atoms with Crippen LogP contribution in [0.5, 0.6) is 0 Å². The van der Waals surface area contributed by atoms with Crippen molar-refractivity contribution in [2.24, 2.45) is 0 Å². The maximum absolute atomic E-state index is 12.4. The van der Waals surface area contributed by atoms with Crippen LogP contribution in [0, 0.1) is 0 Å². The van der Waals surface area contributed by atoms with Gasteiger partial charge in [-0.1, -0.05) is 0 Å². The lowest BCUT2D eigenvalue weighted by molar-refractivity contribution is 0.0718. The Labute approximate surface area is 137 Å². The first-order valence-electron chi connectivity index (χ1n) is 8.26. The van der Waals surface area contributed by atoms with Crippen molar-refractivity contribution in [3.8, 4) is 0 Å². The summed E-state index contributed by atoms with van der Waals surface area (Å²) in [6, 6.07) is 3.24. The first kappa shape index (κ1) is 17.4. The van der Waals surface area contributed by atoms with E-state index in [2.05, 4.69) is 15.2 Å². The molecular formula is C17H26N4O2. The van der Waals surface area contributed by atoms with Gasteiger partial charge < -0.3 is 15.1 Å². The van der Waals surface area contributed by atoms with E-state index in [0.29, 0.717) is 17.8 Å². The molecule has 1 aliphatic heterocycles. The first-order valence-corrected chi connectivity index (χ1v) is 8.26. The van der Waals surface area contributed by atoms with Crippen LogP contribution in [0.3, 0.4) is 0 Å². The van der Waals surface area contributed by atoms with Crippen LogP contribution >= 0.6 is 0 Å². The van der Waals surface area contributed by atoms with E-state index in [1.165, 1.54) is 12.6 Å². The van der Waals surface area contributed by atoms with E-state index in [1.807, 2.05) is 19.0 Å². The van der Waals surface area contributed by atoms with E-state index in [4.69, 9.17) is 0 Å². The highest BCUT2D eigenvalue weighted by Gasteiger charge is 2.20. The standard InChI is InChI=1S/C17H26N4O2/c1-20(2)10-6-8-19-16(22)14-7-9-18-15(13-14)17(23)21-11-4-3-5-12-21/h7,9,13H,3-6,8,10-12H2,1-2H3,(H,19,22). The van der Waals surface area contributed by atoms with Gasteiger partial charge in [-0.2, -0.15) is 0 Å². The van der Waals surface area contributed by atoms with Crippen LogP contribution in [0.2, 0.25) is 0 Å². The normalized spacial score (nSPS) is 14.8. The molecule has 0 atom stereocenters. The minimum atomic E-state index is -0.154. The fourth-order valence-electron chi connectivity index (χ4n) is 2.65. The van der Waals surface area contributed by atoms with Gasteiger partial charge in [0.15, 0.2) is 0 Å². The SMILES string of the molecule is CN(C)CCCNC(=O)c1ccnc(C(=O)N2CCCCC2)c1. The molecule has 1 aromatic heterocycles. The van der Waals surface area contributed by atoms with Crippen molar-refractivity contribution in [2.75, 3.05) is 40.3 Å². The summed E-state index contributed by atoms with van der Waals surface area (Å²) in [5, 5.41) is 2.88. The van der Waals surface area contributed by atoms with Gasteiger partial charge in [-0.3, -0.25) is 14.6 Å². The molecule has 6 nitrogen and oxygen atoms in total. The van der Waals surface area contributed by atoms with Crippen molar-refractivity contribution in [3.63, 3.8) is 0 Å². The number of rotatable bonds is 6. The summed E-state index contributed by atoms with van der Waals surface area (Å²) < 4.78 is 0. The highest BCUT2D eigenvalue weighted by atomic mass is 16.2. The molecule has 1 aromatic rings. The van der Waals surface area contributed by atoms with Crippen LogP contribution < -0.4 is 5.32 Å². The third-order valence-electron chi connectivity index (χ3n) is 3.95. The Morgan fingerprint density at radius 1 is 1.26 bits per heavy atom. The second kappa shape index (κ2) is 8.62. The fourth-order valence-corrected chi connectivity index (χ4v) is 2.65. The van der Waals surface area contributed by atoms with Crippen LogP contribution in [0.4, 0.5) is 0 Å². The summed E-state index contributed by atoms with van der Waals surface area (Å²) in [6.07, 6.45) is 5.68. The topological polar surface area (TPSA) is 65.5 Å². The van der Waals surface area contributed by atoms with Crippen molar-refractivity contribution in [1.82, 2.24) is 20.1 Å². The Hall–Kier alpha value is -1.95. The van der Waals surface area contributed by atoms with Gasteiger partial charge in [0.2, 0.25) is 0 Å². The summed E-state index contributed by atoms with van der Waals surface area (Å²) in [5.74, 6) is -0.231. The number of nitrogens with zero attached hydrogens (tertiary/aromatic N) is 3. The highest BCUT2D eigenvalue weighted by Crippen LogP contribution is 2.12. The average Bonchev–Trinajstić information content (AvgIpc) is 2.58. The Kier molecular flexibility index (Phi) is 6.52. The van der Waals surface area contributed by atoms with Crippen molar-refractivity contribution >= 4 is 11.8 Å². The number of pyridine rings is 1. The van der Waals surface area contributed by atoms with E-state index < -0.39 is 0 Å². The number of aromatic nitrogens is 1. The molecule has 0 aromatic carbocycles. The van der Waals surface area contributed by atoms with Gasteiger partial charge in [0.25, 0.3) is 11.8 Å². The minimum Gasteiger partial charge on any atom is -0.352 e. The Balaban J connectivity index is 1.93. The minimum absolute atomic E-state index is 0.0769. The van der Waals surface area contributed by atoms with Crippen LogP contribution in [-0.2, 0) is 0 Å². The number of carbonyl (C=O) groups is 2. The van der Waals surface area contributed by atoms with Crippen molar-refractivity contribution < 1.29 is 9.59 Å². The molecule has 6 heteroatoms. The molecule has 2 heterocycles. The first-order chi connectivity index (χ1) is 11.1. The van der Waals surface area contributed by atoms with Gasteiger partial charge in [0.1, 0.15) is 5.69 Å². The number of hydrogen-bond donors (Lipinski definition) is 1. The summed E-state index contributed by atoms with van der Waals surface area (Å²) >= 11 is 0. The van der Waals surface area contributed by atoms with E-state index in [-0.39, 0.29) is 11.8 Å². The molecule has 23 heavy (non-hydrogen) atoms. The molecule has 1 fully saturated rings. The maximum Gasteiger partial charge on any atom is 0.272 e. The lowest BCUT2D eigenvalue weighted by Gasteiger charge is -2.26. The number of amides is 2. The van der Waals surface area contributed by atoms with Gasteiger partial charge in [-0.15, -0.1) is 0 Å². The Morgan fingerprint density at radius 2 is 2.00 bits per heavy atom. The Bertz CT molecular complexity index is 539. The fraction of sp³-hybridized carbons (Fsp3) is 0.588. The lowest BCUT2D eigenvalue weighted by Crippen LogP contribution is -2.36. The van der Waals surface area contributed by atoms with Crippen LogP contribution in [0.1, 0.15) is 46.5 Å². The number of carbonyl (C=O) groups excluding carboxylic acids is 2. The third-order valence-corrected chi connectivity index (χ3v) is 3.95. The largest absolute Gasteiger partial charge is 0.352 e. The van der Waals surface area contributed by atoms with E-state index >= 15 is 0 Å². The van der Waals surface area contributed by atoms with Crippen molar-refractivity contribution in [3.05, 3.63) is 29.6 Å². The number of piperidine rings is 1. The van der Waals surface area contributed by atoms with Crippen molar-refractivity contribution in [2.45, 2.75) is 25.7 Å². The quantitative estimate of drug-likeness (QED) is 0.805. The second-order valence-corrected chi connectivity index (χ2v) is 6.20. The molecule has 126 valence electrons. The third kappa shape index (κ3) is 5.32. The van der Waals surface area contributed by atoms with Crippen LogP contribution in [0.15, 0.2) is 18.3 Å². The zero-order valence-corrected chi connectivity index (χ0v) is 14.0. The van der Waals surface area contributed by atoms with E-state index in [9.17, 15) is 9.59 Å². The van der Waals surface area contributed by atoms with Gasteiger partial charge in [-0.25, -0.2) is 0 Å². The highest BCUT2D eigenvalue weighted by molar-refractivity contribution is 5.98. The molecule has 1 saturated heterocycles. The molecule has 0 unspecified atom stereocenters. The number of hydrogen-bond acceptors (Lipinski definition) is 4. The summed E-state index contributed by atoms with van der Waals surface area (Å²) in [5.41, 5.74) is 0.845. The molecule has 0 bridgehead atoms. The van der Waals surface area contributed by atoms with Gasteiger partial charge in [0, 0.05) is 31.4 Å². The van der Waals surface area contributed by atoms with Crippen LogP contribution in [0.25, 0.3) is 0 Å². The molecule has 1 aliphatic rings. The molecule has 2 amide bonds. The van der Waals surface area contributed by atoms with E-state index in [1.54, 1.807) is 12.1 Å². The second-order valence-electron chi connectivity index (χ2n) is 6.20. The molecule has 0 aliphatic carbocycles. The Morgan fingerprint density at radius 3 is 2.70 bits per heavy atom. The molecule has 0 radical (unpaired) electrons. The smallest absolute Gasteiger partial charge is 0.272 e. The molecule has 0 spiro atoms.